The van der Waals surface area contributed by atoms with Crippen LogP contribution in [0.5, 0.6) is 0 Å². The number of amides is 2. The van der Waals surface area contributed by atoms with Gasteiger partial charge in [-0.15, -0.1) is 0 Å². The number of nitrogens with zero attached hydrogens (tertiary/aromatic N) is 1. The lowest BCUT2D eigenvalue weighted by molar-refractivity contribution is -0.145. The van der Waals surface area contributed by atoms with Crippen LogP contribution in [0, 0.1) is 49.4 Å². The van der Waals surface area contributed by atoms with Gasteiger partial charge < -0.3 is 4.74 Å². The fourth-order valence-corrected chi connectivity index (χ4v) is 5.66. The van der Waals surface area contributed by atoms with Crippen LogP contribution in [0.2, 0.25) is 0 Å². The minimum atomic E-state index is -0.577. The first-order chi connectivity index (χ1) is 14.4. The van der Waals surface area contributed by atoms with Gasteiger partial charge in [-0.3, -0.25) is 24.1 Å². The van der Waals surface area contributed by atoms with Gasteiger partial charge in [-0.2, -0.15) is 0 Å². The molecule has 0 spiro atoms. The Balaban J connectivity index is 1.15. The molecule has 2 saturated carbocycles. The largest absolute Gasteiger partial charge is 0.457 e. The number of ketones is 1. The smallest absolute Gasteiger partial charge is 0.308 e. The average molecular weight is 407 g/mol. The third kappa shape index (κ3) is 2.92. The van der Waals surface area contributed by atoms with Crippen LogP contribution < -0.4 is 0 Å². The number of hydrogen-bond acceptors (Lipinski definition) is 5. The fraction of sp³-hybridized carbons (Fsp3) is 0.500. The van der Waals surface area contributed by atoms with Crippen molar-refractivity contribution in [3.8, 4) is 0 Å². The number of hydrogen-bond donors (Lipinski definition) is 0. The normalized spacial score (nSPS) is 32.8. The van der Waals surface area contributed by atoms with Crippen molar-refractivity contribution >= 4 is 23.6 Å². The quantitative estimate of drug-likeness (QED) is 0.313. The third-order valence-corrected chi connectivity index (χ3v) is 7.49. The third-order valence-electron chi connectivity index (χ3n) is 7.49. The lowest BCUT2D eigenvalue weighted by Crippen LogP contribution is -2.40. The van der Waals surface area contributed by atoms with Gasteiger partial charge in [0.25, 0.3) is 0 Å². The Bertz CT molecular complexity index is 959. The summed E-state index contributed by atoms with van der Waals surface area (Å²) in [7, 11) is 0. The number of aryl methyl sites for hydroxylation is 2. The SMILES string of the molecule is Cc1ccc(C(=O)COC(=O)CCN2C(=O)[C@H]3[C@@H]4C=C[C@H]([C@H]5C[C@H]45)[C@@H]3C2=O)cc1C. The van der Waals surface area contributed by atoms with Gasteiger partial charge in [0.05, 0.1) is 18.3 Å². The van der Waals surface area contributed by atoms with Crippen LogP contribution in [0.4, 0.5) is 0 Å². The number of ether oxygens (including phenoxy) is 1. The van der Waals surface area contributed by atoms with Crippen LogP contribution in [0.3, 0.4) is 0 Å². The Hall–Kier alpha value is -2.76. The van der Waals surface area contributed by atoms with Crippen molar-refractivity contribution in [3.05, 3.63) is 47.0 Å². The van der Waals surface area contributed by atoms with Crippen LogP contribution in [0.25, 0.3) is 0 Å². The first kappa shape index (κ1) is 19.2. The molecule has 6 atom stereocenters. The molecule has 3 fully saturated rings. The van der Waals surface area contributed by atoms with Crippen molar-refractivity contribution in [2.45, 2.75) is 26.7 Å². The summed E-state index contributed by atoms with van der Waals surface area (Å²) < 4.78 is 5.11. The van der Waals surface area contributed by atoms with Gasteiger partial charge in [0, 0.05) is 12.1 Å². The van der Waals surface area contributed by atoms with Gasteiger partial charge in [0.1, 0.15) is 0 Å². The van der Waals surface area contributed by atoms with Gasteiger partial charge in [0.15, 0.2) is 12.4 Å². The maximum Gasteiger partial charge on any atom is 0.308 e. The fourth-order valence-electron chi connectivity index (χ4n) is 5.66. The van der Waals surface area contributed by atoms with Gasteiger partial charge in [-0.25, -0.2) is 0 Å². The number of carbonyl (C=O) groups is 4. The van der Waals surface area contributed by atoms with E-state index in [9.17, 15) is 19.2 Å². The summed E-state index contributed by atoms with van der Waals surface area (Å²) >= 11 is 0. The van der Waals surface area contributed by atoms with Crippen LogP contribution in [-0.2, 0) is 19.1 Å². The van der Waals surface area contributed by atoms with E-state index < -0.39 is 5.97 Å². The second-order valence-electron chi connectivity index (χ2n) is 9.12. The van der Waals surface area contributed by atoms with Gasteiger partial charge in [0.2, 0.25) is 11.8 Å². The lowest BCUT2D eigenvalue weighted by atomic mass is 9.63. The first-order valence-electron chi connectivity index (χ1n) is 10.7. The highest BCUT2D eigenvalue weighted by atomic mass is 16.5. The highest BCUT2D eigenvalue weighted by Crippen LogP contribution is 2.65. The number of allylic oxidation sites excluding steroid dienone is 2. The summed E-state index contributed by atoms with van der Waals surface area (Å²) in [5.74, 6) is -0.180. The van der Waals surface area contributed by atoms with Crippen LogP contribution in [-0.4, -0.2) is 41.6 Å². The van der Waals surface area contributed by atoms with Crippen molar-refractivity contribution < 1.29 is 23.9 Å². The number of Topliss-reactive ketones (excluding diaryl/α,β-unsaturated/α-hetero) is 1. The van der Waals surface area contributed by atoms with E-state index in [1.807, 2.05) is 19.9 Å². The first-order valence-corrected chi connectivity index (χ1v) is 10.7. The summed E-state index contributed by atoms with van der Waals surface area (Å²) in [6, 6.07) is 5.36. The second kappa shape index (κ2) is 6.89. The van der Waals surface area contributed by atoms with Gasteiger partial charge >= 0.3 is 5.97 Å². The number of imide groups is 1. The maximum atomic E-state index is 12.9. The lowest BCUT2D eigenvalue weighted by Gasteiger charge is -2.37. The molecule has 30 heavy (non-hydrogen) atoms. The number of esters is 1. The molecule has 1 aromatic carbocycles. The Morgan fingerprint density at radius 2 is 1.63 bits per heavy atom. The predicted octanol–water partition coefficient (Wildman–Crippen LogP) is 2.47. The molecule has 2 amide bonds. The van der Waals surface area contributed by atoms with Crippen molar-refractivity contribution in [2.75, 3.05) is 13.2 Å². The molecule has 0 aromatic heterocycles. The van der Waals surface area contributed by atoms with Crippen molar-refractivity contribution in [1.29, 1.82) is 0 Å². The molecular formula is C24H25NO5. The zero-order chi connectivity index (χ0) is 21.2. The molecule has 6 nitrogen and oxygen atoms in total. The molecule has 1 aliphatic heterocycles. The van der Waals surface area contributed by atoms with Crippen LogP contribution >= 0.6 is 0 Å². The molecular weight excluding hydrogens is 382 g/mol. The van der Waals surface area contributed by atoms with Crippen molar-refractivity contribution in [3.63, 3.8) is 0 Å². The standard InChI is InChI=1S/C24H25NO5/c1-12-3-4-14(9-13(12)2)19(26)11-30-20(27)7-8-25-23(28)21-15-5-6-16(18-10-17(15)18)22(21)24(25)29/h3-6,9,15-18,21-22H,7-8,10-11H2,1-2H3/t15-,16-,17-,18-,21+,22+/m1/s1. The molecule has 1 saturated heterocycles. The number of rotatable bonds is 6. The molecule has 6 rings (SSSR count). The van der Waals surface area contributed by atoms with Gasteiger partial charge in [-0.05, 0) is 61.1 Å². The summed E-state index contributed by atoms with van der Waals surface area (Å²) in [6.45, 7) is 3.57. The predicted molar refractivity (Wildman–Crippen MR) is 107 cm³/mol. The summed E-state index contributed by atoms with van der Waals surface area (Å²) in [5.41, 5.74) is 2.59. The summed E-state index contributed by atoms with van der Waals surface area (Å²) in [6.07, 6.45) is 5.28. The molecule has 5 aliphatic rings. The highest BCUT2D eigenvalue weighted by molar-refractivity contribution is 6.06. The zero-order valence-corrected chi connectivity index (χ0v) is 17.2. The molecule has 0 radical (unpaired) electrons. The molecule has 2 bridgehead atoms. The summed E-state index contributed by atoms with van der Waals surface area (Å²) in [5, 5.41) is 0. The van der Waals surface area contributed by atoms with Crippen molar-refractivity contribution in [1.82, 2.24) is 4.90 Å². The Morgan fingerprint density at radius 3 is 2.23 bits per heavy atom. The van der Waals surface area contributed by atoms with E-state index in [-0.39, 0.29) is 60.8 Å². The molecule has 0 N–H and O–H groups in total. The number of benzene rings is 1. The molecule has 1 aromatic rings. The Morgan fingerprint density at radius 1 is 1.00 bits per heavy atom. The monoisotopic (exact) mass is 407 g/mol. The molecule has 0 unspecified atom stereocenters. The van der Waals surface area contributed by atoms with E-state index in [0.29, 0.717) is 17.4 Å². The minimum absolute atomic E-state index is 0.0239. The van der Waals surface area contributed by atoms with E-state index in [4.69, 9.17) is 4.74 Å². The van der Waals surface area contributed by atoms with E-state index >= 15 is 0 Å². The van der Waals surface area contributed by atoms with Crippen LogP contribution in [0.15, 0.2) is 30.4 Å². The van der Waals surface area contributed by atoms with Gasteiger partial charge in [-0.1, -0.05) is 24.3 Å². The summed E-state index contributed by atoms with van der Waals surface area (Å²) in [4.78, 5) is 51.4. The minimum Gasteiger partial charge on any atom is -0.457 e. The maximum absolute atomic E-state index is 12.9. The average Bonchev–Trinajstić information content (AvgIpc) is 3.51. The van der Waals surface area contributed by atoms with E-state index in [1.54, 1.807) is 12.1 Å². The van der Waals surface area contributed by atoms with Crippen LogP contribution in [0.1, 0.15) is 34.3 Å². The number of likely N-dealkylation sites (tertiary alicyclic amines) is 1. The topological polar surface area (TPSA) is 80.8 Å². The van der Waals surface area contributed by atoms with E-state index in [1.165, 1.54) is 4.90 Å². The zero-order valence-electron chi connectivity index (χ0n) is 17.2. The van der Waals surface area contributed by atoms with E-state index in [0.717, 1.165) is 17.5 Å². The molecule has 1 heterocycles. The number of carbonyl (C=O) groups excluding carboxylic acids is 4. The van der Waals surface area contributed by atoms with E-state index in [2.05, 4.69) is 12.2 Å². The molecule has 156 valence electrons. The Labute approximate surface area is 175 Å². The highest BCUT2D eigenvalue weighted by Gasteiger charge is 2.66. The molecule has 4 aliphatic carbocycles. The molecule has 6 heteroatoms. The Kier molecular flexibility index (Phi) is 4.42. The second-order valence-corrected chi connectivity index (χ2v) is 9.12. The van der Waals surface area contributed by atoms with Crippen molar-refractivity contribution in [2.24, 2.45) is 35.5 Å².